The monoisotopic (exact) mass is 221 g/mol. The van der Waals surface area contributed by atoms with Crippen molar-refractivity contribution < 1.29 is 23.1 Å². The Morgan fingerprint density at radius 2 is 1.92 bits per heavy atom. The van der Waals surface area contributed by atoms with E-state index in [0.717, 1.165) is 6.92 Å². The molecule has 0 saturated carbocycles. The Hall–Kier alpha value is -0.490. The molecule has 0 aliphatic rings. The van der Waals surface area contributed by atoms with Crippen LogP contribution in [0.5, 0.6) is 0 Å². The van der Waals surface area contributed by atoms with Gasteiger partial charge in [0.25, 0.3) is 0 Å². The van der Waals surface area contributed by atoms with Crippen LogP contribution < -0.4 is 5.73 Å². The van der Waals surface area contributed by atoms with Gasteiger partial charge >= 0.3 is 12.1 Å². The van der Waals surface area contributed by atoms with Gasteiger partial charge in [-0.1, -0.05) is 6.92 Å². The van der Waals surface area contributed by atoms with Gasteiger partial charge in [0, 0.05) is 0 Å². The molecule has 0 aliphatic heterocycles. The molecular weight excluding hydrogens is 211 g/mol. The van der Waals surface area contributed by atoms with Crippen molar-refractivity contribution in [3.05, 3.63) is 0 Å². The van der Waals surface area contributed by atoms with Crippen molar-refractivity contribution in [2.75, 3.05) is 0 Å². The van der Waals surface area contributed by atoms with Crippen LogP contribution in [-0.4, -0.2) is 23.3 Å². The molecule has 80 valence electrons. The van der Waals surface area contributed by atoms with Crippen LogP contribution in [0.3, 0.4) is 0 Å². The minimum absolute atomic E-state index is 0. The zero-order valence-electron chi connectivity index (χ0n) is 6.84. The van der Waals surface area contributed by atoms with E-state index in [-0.39, 0.29) is 12.4 Å². The molecular formula is C6H11ClF3NO2. The molecule has 0 amide bonds. The molecule has 2 atom stereocenters. The molecule has 0 rings (SSSR count). The van der Waals surface area contributed by atoms with Crippen molar-refractivity contribution in [3.63, 3.8) is 0 Å². The maximum atomic E-state index is 11.8. The molecule has 13 heavy (non-hydrogen) atoms. The number of halogens is 4. The third kappa shape index (κ3) is 5.70. The second-order valence-corrected chi connectivity index (χ2v) is 2.62. The number of nitrogens with two attached hydrogens (primary N) is 1. The van der Waals surface area contributed by atoms with Crippen molar-refractivity contribution in [2.45, 2.75) is 25.6 Å². The minimum atomic E-state index is -4.37. The minimum Gasteiger partial charge on any atom is -0.480 e. The van der Waals surface area contributed by atoms with Crippen LogP contribution in [-0.2, 0) is 4.79 Å². The van der Waals surface area contributed by atoms with E-state index >= 15 is 0 Å². The fourth-order valence-corrected chi connectivity index (χ4v) is 0.615. The SMILES string of the molecule is CC(CC(N)C(=O)O)C(F)(F)F.Cl. The van der Waals surface area contributed by atoms with Crippen molar-refractivity contribution in [2.24, 2.45) is 11.7 Å². The van der Waals surface area contributed by atoms with Gasteiger partial charge in [-0.25, -0.2) is 0 Å². The third-order valence-electron chi connectivity index (χ3n) is 1.48. The second-order valence-electron chi connectivity index (χ2n) is 2.62. The lowest BCUT2D eigenvalue weighted by Crippen LogP contribution is -2.35. The van der Waals surface area contributed by atoms with Crippen LogP contribution in [0.2, 0.25) is 0 Å². The summed E-state index contributed by atoms with van der Waals surface area (Å²) in [5.74, 6) is -3.09. The first-order chi connectivity index (χ1) is 5.25. The van der Waals surface area contributed by atoms with E-state index in [4.69, 9.17) is 10.8 Å². The summed E-state index contributed by atoms with van der Waals surface area (Å²) in [4.78, 5) is 10.1. The predicted molar refractivity (Wildman–Crippen MR) is 42.7 cm³/mol. The molecule has 0 radical (unpaired) electrons. The standard InChI is InChI=1S/C6H10F3NO2.ClH/c1-3(6(7,8)9)2-4(10)5(11)12;/h3-4H,2,10H2,1H3,(H,11,12);1H. The van der Waals surface area contributed by atoms with Crippen molar-refractivity contribution in [3.8, 4) is 0 Å². The molecule has 0 aliphatic carbocycles. The van der Waals surface area contributed by atoms with Crippen LogP contribution in [0.1, 0.15) is 13.3 Å². The molecule has 3 nitrogen and oxygen atoms in total. The average molecular weight is 222 g/mol. The molecule has 0 heterocycles. The first-order valence-electron chi connectivity index (χ1n) is 3.30. The summed E-state index contributed by atoms with van der Waals surface area (Å²) in [6.07, 6.45) is -4.95. The van der Waals surface area contributed by atoms with E-state index in [9.17, 15) is 18.0 Å². The van der Waals surface area contributed by atoms with E-state index in [1.54, 1.807) is 0 Å². The summed E-state index contributed by atoms with van der Waals surface area (Å²) >= 11 is 0. The number of hydrogen-bond donors (Lipinski definition) is 2. The van der Waals surface area contributed by atoms with Gasteiger partial charge in [-0.15, -0.1) is 12.4 Å². The highest BCUT2D eigenvalue weighted by Crippen LogP contribution is 2.28. The van der Waals surface area contributed by atoms with Gasteiger partial charge in [0.15, 0.2) is 0 Å². The van der Waals surface area contributed by atoms with E-state index in [1.165, 1.54) is 0 Å². The number of carboxylic acid groups (broad SMARTS) is 1. The van der Waals surface area contributed by atoms with Crippen molar-refractivity contribution in [1.82, 2.24) is 0 Å². The number of carbonyl (C=O) groups is 1. The highest BCUT2D eigenvalue weighted by Gasteiger charge is 2.37. The number of carboxylic acids is 1. The fraction of sp³-hybridized carbons (Fsp3) is 0.833. The highest BCUT2D eigenvalue weighted by molar-refractivity contribution is 5.85. The molecule has 2 unspecified atom stereocenters. The van der Waals surface area contributed by atoms with Crippen molar-refractivity contribution in [1.29, 1.82) is 0 Å². The van der Waals surface area contributed by atoms with Gasteiger partial charge in [-0.05, 0) is 6.42 Å². The molecule has 0 spiro atoms. The lowest BCUT2D eigenvalue weighted by Gasteiger charge is -2.16. The Morgan fingerprint density at radius 3 is 2.15 bits per heavy atom. The quantitative estimate of drug-likeness (QED) is 0.757. The Morgan fingerprint density at radius 1 is 1.54 bits per heavy atom. The summed E-state index contributed by atoms with van der Waals surface area (Å²) in [5, 5.41) is 8.20. The van der Waals surface area contributed by atoms with Gasteiger partial charge in [0.2, 0.25) is 0 Å². The number of hydrogen-bond acceptors (Lipinski definition) is 2. The van der Waals surface area contributed by atoms with Crippen LogP contribution in [0, 0.1) is 5.92 Å². The normalized spacial score (nSPS) is 15.8. The van der Waals surface area contributed by atoms with E-state index in [1.807, 2.05) is 0 Å². The molecule has 0 aromatic carbocycles. The van der Waals surface area contributed by atoms with Crippen LogP contribution in [0.15, 0.2) is 0 Å². The fourth-order valence-electron chi connectivity index (χ4n) is 0.615. The van der Waals surface area contributed by atoms with Crippen LogP contribution in [0.25, 0.3) is 0 Å². The Kier molecular flexibility index (Phi) is 6.10. The van der Waals surface area contributed by atoms with Gasteiger partial charge in [0.05, 0.1) is 5.92 Å². The topological polar surface area (TPSA) is 63.3 Å². The molecule has 0 aromatic rings. The average Bonchev–Trinajstić information content (AvgIpc) is 1.85. The summed E-state index contributed by atoms with van der Waals surface area (Å²) in [6.45, 7) is 0.906. The van der Waals surface area contributed by atoms with Gasteiger partial charge in [-0.3, -0.25) is 4.79 Å². The third-order valence-corrected chi connectivity index (χ3v) is 1.48. The summed E-state index contributed by atoms with van der Waals surface area (Å²) in [7, 11) is 0. The summed E-state index contributed by atoms with van der Waals surface area (Å²) in [5.41, 5.74) is 4.91. The Labute approximate surface area is 79.5 Å². The molecule has 7 heteroatoms. The summed E-state index contributed by atoms with van der Waals surface area (Å²) in [6, 6.07) is -1.44. The molecule has 0 fully saturated rings. The van der Waals surface area contributed by atoms with Gasteiger partial charge < -0.3 is 10.8 Å². The Balaban J connectivity index is 0. The lowest BCUT2D eigenvalue weighted by atomic mass is 10.0. The van der Waals surface area contributed by atoms with Crippen molar-refractivity contribution >= 4 is 18.4 Å². The molecule has 0 aromatic heterocycles. The maximum absolute atomic E-state index is 11.8. The molecule has 3 N–H and O–H groups in total. The second kappa shape index (κ2) is 5.29. The largest absolute Gasteiger partial charge is 0.480 e. The zero-order chi connectivity index (χ0) is 9.94. The first kappa shape index (κ1) is 15.0. The van der Waals surface area contributed by atoms with E-state index < -0.39 is 30.5 Å². The van der Waals surface area contributed by atoms with Crippen LogP contribution >= 0.6 is 12.4 Å². The molecule has 0 bridgehead atoms. The maximum Gasteiger partial charge on any atom is 0.391 e. The Bertz CT molecular complexity index is 174. The lowest BCUT2D eigenvalue weighted by molar-refractivity contribution is -0.173. The predicted octanol–water partition coefficient (Wildman–Crippen LogP) is 1.41. The van der Waals surface area contributed by atoms with E-state index in [2.05, 4.69) is 0 Å². The molecule has 0 saturated heterocycles. The highest BCUT2D eigenvalue weighted by atomic mass is 35.5. The van der Waals surface area contributed by atoms with Gasteiger partial charge in [-0.2, -0.15) is 13.2 Å². The smallest absolute Gasteiger partial charge is 0.391 e. The number of rotatable bonds is 3. The first-order valence-corrected chi connectivity index (χ1v) is 3.30. The zero-order valence-corrected chi connectivity index (χ0v) is 7.65. The number of aliphatic carboxylic acids is 1. The summed E-state index contributed by atoms with van der Waals surface area (Å²) < 4.78 is 35.5. The number of alkyl halides is 3. The van der Waals surface area contributed by atoms with Gasteiger partial charge in [0.1, 0.15) is 6.04 Å². The van der Waals surface area contributed by atoms with E-state index in [0.29, 0.717) is 0 Å². The van der Waals surface area contributed by atoms with Crippen LogP contribution in [0.4, 0.5) is 13.2 Å².